The van der Waals surface area contributed by atoms with Gasteiger partial charge in [0.05, 0.1) is 27.6 Å². The molecule has 3 aliphatic rings. The molecule has 0 amide bonds. The number of hydrogen-bond acceptors (Lipinski definition) is 1. The van der Waals surface area contributed by atoms with E-state index < -0.39 is 10.8 Å². The van der Waals surface area contributed by atoms with Crippen molar-refractivity contribution in [2.24, 2.45) is 0 Å². The van der Waals surface area contributed by atoms with Gasteiger partial charge in [0, 0.05) is 27.8 Å². The minimum absolute atomic E-state index is 0.528. The molecule has 1 unspecified atom stereocenters. The second-order valence-electron chi connectivity index (χ2n) is 21.8. The van der Waals surface area contributed by atoms with Gasteiger partial charge < -0.3 is 9.47 Å². The Balaban J connectivity index is 0.843. The van der Waals surface area contributed by atoms with Gasteiger partial charge in [-0.15, -0.1) is 0 Å². The van der Waals surface area contributed by atoms with Gasteiger partial charge in [0.2, 0.25) is 0 Å². The zero-order valence-corrected chi connectivity index (χ0v) is 43.8. The fraction of sp³-hybridized carbons (Fsp3) is 0.0256. The molecule has 1 aliphatic heterocycles. The first kappa shape index (κ1) is 44.8. The lowest BCUT2D eigenvalue weighted by Gasteiger charge is -2.39. The first-order valence-electron chi connectivity index (χ1n) is 27.9. The first-order valence-corrected chi connectivity index (χ1v) is 27.9. The van der Waals surface area contributed by atoms with Crippen LogP contribution in [0.15, 0.2) is 303 Å². The van der Waals surface area contributed by atoms with Crippen LogP contribution in [0.5, 0.6) is 0 Å². The van der Waals surface area contributed by atoms with Crippen LogP contribution in [0, 0.1) is 0 Å². The number of benzene rings is 13. The summed E-state index contributed by atoms with van der Waals surface area (Å²) in [5, 5.41) is 5.06. The quantitative estimate of drug-likeness (QED) is 0.154. The molecule has 0 saturated carbocycles. The predicted molar refractivity (Wildman–Crippen MR) is 332 cm³/mol. The molecular weight excluding hydrogens is 965 g/mol. The molecule has 0 bridgehead atoms. The molecule has 0 saturated heterocycles. The average molecular weight is 1020 g/mol. The van der Waals surface area contributed by atoms with Crippen LogP contribution < -0.4 is 4.90 Å². The highest BCUT2D eigenvalue weighted by Crippen LogP contribution is 2.62. The van der Waals surface area contributed by atoms with E-state index in [-0.39, 0.29) is 0 Å². The van der Waals surface area contributed by atoms with Gasteiger partial charge >= 0.3 is 0 Å². The van der Waals surface area contributed by atoms with Gasteiger partial charge in [0.15, 0.2) is 0 Å². The van der Waals surface area contributed by atoms with E-state index in [2.05, 4.69) is 313 Å². The average Bonchev–Trinajstić information content (AvgIpc) is 4.29. The van der Waals surface area contributed by atoms with Gasteiger partial charge in [0.1, 0.15) is 0 Å². The summed E-state index contributed by atoms with van der Waals surface area (Å²) >= 11 is 0. The molecule has 2 nitrogen and oxygen atoms in total. The summed E-state index contributed by atoms with van der Waals surface area (Å²) in [4.78, 5) is 2.45. The van der Waals surface area contributed by atoms with Gasteiger partial charge in [-0.05, 0) is 154 Å². The van der Waals surface area contributed by atoms with E-state index in [1.807, 2.05) is 0 Å². The van der Waals surface area contributed by atoms with Crippen LogP contribution in [-0.2, 0) is 10.8 Å². The normalized spacial score (nSPS) is 14.9. The zero-order chi connectivity index (χ0) is 52.5. The van der Waals surface area contributed by atoms with Crippen molar-refractivity contribution in [1.29, 1.82) is 0 Å². The van der Waals surface area contributed by atoms with E-state index in [0.29, 0.717) is 0 Å². The maximum atomic E-state index is 2.52. The van der Waals surface area contributed by atoms with E-state index in [1.165, 1.54) is 127 Å². The summed E-state index contributed by atoms with van der Waals surface area (Å²) in [6.45, 7) is 0. The van der Waals surface area contributed by atoms with Gasteiger partial charge in [-0.25, -0.2) is 0 Å². The Morgan fingerprint density at radius 1 is 0.263 bits per heavy atom. The Hall–Kier alpha value is -10.3. The van der Waals surface area contributed by atoms with Crippen LogP contribution in [-0.4, -0.2) is 4.57 Å². The highest BCUT2D eigenvalue weighted by atomic mass is 15.1. The molecule has 0 N–H and O–H groups in total. The maximum Gasteiger partial charge on any atom is 0.0754 e. The number of anilines is 3. The number of rotatable bonds is 7. The molecule has 1 spiro atoms. The van der Waals surface area contributed by atoms with Crippen LogP contribution in [0.4, 0.5) is 17.1 Å². The summed E-state index contributed by atoms with van der Waals surface area (Å²) in [5.41, 5.74) is 26.2. The first-order chi connectivity index (χ1) is 39.7. The van der Waals surface area contributed by atoms with E-state index in [4.69, 9.17) is 0 Å². The Morgan fingerprint density at radius 3 is 1.46 bits per heavy atom. The van der Waals surface area contributed by atoms with Gasteiger partial charge in [-0.2, -0.15) is 0 Å². The van der Waals surface area contributed by atoms with Crippen molar-refractivity contribution in [2.75, 3.05) is 4.90 Å². The Kier molecular flexibility index (Phi) is 9.58. The largest absolute Gasteiger partial charge is 0.310 e. The maximum absolute atomic E-state index is 2.52. The molecule has 2 aliphatic carbocycles. The number of aromatic nitrogens is 1. The van der Waals surface area contributed by atoms with Crippen molar-refractivity contribution >= 4 is 49.6 Å². The van der Waals surface area contributed by atoms with Crippen molar-refractivity contribution in [3.63, 3.8) is 0 Å². The van der Waals surface area contributed by atoms with Crippen LogP contribution >= 0.6 is 0 Å². The molecule has 17 rings (SSSR count). The Bertz CT molecular complexity index is 4770. The summed E-state index contributed by atoms with van der Waals surface area (Å²) in [6, 6.07) is 114. The molecule has 80 heavy (non-hydrogen) atoms. The van der Waals surface area contributed by atoms with E-state index >= 15 is 0 Å². The van der Waals surface area contributed by atoms with E-state index in [9.17, 15) is 0 Å². The lowest BCUT2D eigenvalue weighted by Crippen LogP contribution is -2.33. The fourth-order valence-corrected chi connectivity index (χ4v) is 14.8. The molecule has 372 valence electrons. The molecule has 1 aromatic heterocycles. The highest BCUT2D eigenvalue weighted by Gasteiger charge is 2.51. The fourth-order valence-electron chi connectivity index (χ4n) is 14.8. The van der Waals surface area contributed by atoms with Crippen LogP contribution in [0.2, 0.25) is 0 Å². The second kappa shape index (κ2) is 17.1. The number of hydrogen-bond donors (Lipinski definition) is 0. The van der Waals surface area contributed by atoms with E-state index in [0.717, 1.165) is 17.1 Å². The standard InChI is InChI=1S/C78H50N2/c1-3-21-55(22-4-1)77(56-23-5-2-6-24-56)68-31-12-9-26-62(68)65-48-46-59(50-73(65)77)79(58-44-39-53(40-45-58)61-29-17-20-52-19-7-8-25-60(52)61)57-42-37-51(38-43-57)54-41-47-64-63-27-10-13-32-69(63)78(72(64)49-54)70-33-14-16-36-75(70)80-74-35-15-11-28-66(74)67-30-18-34-71(78)76(67)80/h1-50H. The van der Waals surface area contributed by atoms with Crippen molar-refractivity contribution in [2.45, 2.75) is 10.8 Å². The summed E-state index contributed by atoms with van der Waals surface area (Å²) < 4.78 is 2.52. The van der Waals surface area contributed by atoms with Crippen molar-refractivity contribution in [3.05, 3.63) is 348 Å². The van der Waals surface area contributed by atoms with Crippen LogP contribution in [0.3, 0.4) is 0 Å². The van der Waals surface area contributed by atoms with Crippen molar-refractivity contribution < 1.29 is 0 Å². The van der Waals surface area contributed by atoms with Crippen molar-refractivity contribution in [3.8, 4) is 50.2 Å². The molecule has 13 aromatic carbocycles. The Morgan fingerprint density at radius 2 is 0.738 bits per heavy atom. The number of nitrogens with zero attached hydrogens (tertiary/aromatic N) is 2. The molecule has 14 aromatic rings. The monoisotopic (exact) mass is 1010 g/mol. The van der Waals surface area contributed by atoms with Crippen molar-refractivity contribution in [1.82, 2.24) is 4.57 Å². The molecule has 2 heteroatoms. The predicted octanol–water partition coefficient (Wildman–Crippen LogP) is 19.8. The third-order valence-corrected chi connectivity index (χ3v) is 18.1. The van der Waals surface area contributed by atoms with Crippen LogP contribution in [0.1, 0.15) is 44.5 Å². The van der Waals surface area contributed by atoms with Gasteiger partial charge in [-0.1, -0.05) is 249 Å². The van der Waals surface area contributed by atoms with Gasteiger partial charge in [0.25, 0.3) is 0 Å². The number of para-hydroxylation sites is 3. The minimum atomic E-state index is -0.538. The summed E-state index contributed by atoms with van der Waals surface area (Å²) in [7, 11) is 0. The zero-order valence-electron chi connectivity index (χ0n) is 43.8. The SMILES string of the molecule is c1ccc(C2(c3ccccc3)c3ccccc3-c3ccc(N(c4ccc(-c5ccc6c(c5)C5(c7ccccc7-6)c6ccccc6-n6c7ccccc7c7cccc5c76)cc4)c4ccc(-c5cccc6ccccc56)cc4)cc32)cc1. The highest BCUT2D eigenvalue weighted by molar-refractivity contribution is 6.13. The summed E-state index contributed by atoms with van der Waals surface area (Å²) in [5.74, 6) is 0. The van der Waals surface area contributed by atoms with Gasteiger partial charge in [-0.3, -0.25) is 0 Å². The number of fused-ring (bicyclic) bond motifs is 16. The Labute approximate surface area is 465 Å². The topological polar surface area (TPSA) is 8.17 Å². The summed E-state index contributed by atoms with van der Waals surface area (Å²) in [6.07, 6.45) is 0. The third kappa shape index (κ3) is 6.08. The minimum Gasteiger partial charge on any atom is -0.310 e. The lowest BCUT2D eigenvalue weighted by atomic mass is 9.65. The molecule has 1 atom stereocenters. The molecule has 0 fully saturated rings. The van der Waals surface area contributed by atoms with Crippen LogP contribution in [0.25, 0.3) is 82.8 Å². The molecule has 0 radical (unpaired) electrons. The van der Waals surface area contributed by atoms with E-state index in [1.54, 1.807) is 0 Å². The third-order valence-electron chi connectivity index (χ3n) is 18.1. The molecule has 2 heterocycles. The second-order valence-corrected chi connectivity index (χ2v) is 21.8. The molecular formula is C78H50N2. The smallest absolute Gasteiger partial charge is 0.0754 e. The lowest BCUT2D eigenvalue weighted by molar-refractivity contribution is 0.749.